The third-order valence-corrected chi connectivity index (χ3v) is 4.27. The van der Waals surface area contributed by atoms with E-state index in [1.54, 1.807) is 7.11 Å². The van der Waals surface area contributed by atoms with Crippen LogP contribution < -0.4 is 4.74 Å². The second-order valence-electron chi connectivity index (χ2n) is 6.27. The molecule has 25 heavy (non-hydrogen) atoms. The lowest BCUT2D eigenvalue weighted by atomic mass is 10.1. The van der Waals surface area contributed by atoms with Crippen LogP contribution in [0.25, 0.3) is 6.08 Å². The minimum Gasteiger partial charge on any atom is -0.496 e. The molecule has 0 fully saturated rings. The van der Waals surface area contributed by atoms with E-state index in [9.17, 15) is 5.11 Å². The van der Waals surface area contributed by atoms with Gasteiger partial charge in [0.05, 0.1) is 13.7 Å². The van der Waals surface area contributed by atoms with Gasteiger partial charge in [0.15, 0.2) is 0 Å². The van der Waals surface area contributed by atoms with Crippen LogP contribution in [0.4, 0.5) is 0 Å². The number of aliphatic hydroxyl groups excluding tert-OH is 1. The molecular weight excluding hydrogens is 308 g/mol. The molecule has 1 rings (SSSR count). The van der Waals surface area contributed by atoms with Crippen molar-refractivity contribution in [3.8, 4) is 5.75 Å². The molecule has 1 aromatic carbocycles. The number of aliphatic hydroxyl groups is 1. The Morgan fingerprint density at radius 1 is 0.920 bits per heavy atom. The summed E-state index contributed by atoms with van der Waals surface area (Å²) in [6, 6.07) is 5.78. The van der Waals surface area contributed by atoms with E-state index in [-0.39, 0.29) is 6.61 Å². The van der Waals surface area contributed by atoms with Gasteiger partial charge in [-0.1, -0.05) is 94.0 Å². The fourth-order valence-corrected chi connectivity index (χ4v) is 2.78. The normalized spacial score (nSPS) is 12.0. The van der Waals surface area contributed by atoms with E-state index in [1.165, 1.54) is 44.9 Å². The van der Waals surface area contributed by atoms with Crippen LogP contribution in [0.2, 0.25) is 0 Å². The van der Waals surface area contributed by atoms with Gasteiger partial charge in [-0.3, -0.25) is 0 Å². The molecule has 0 aromatic heterocycles. The Hall–Kier alpha value is -1.80. The van der Waals surface area contributed by atoms with Gasteiger partial charge in [0.2, 0.25) is 0 Å². The van der Waals surface area contributed by atoms with Crippen molar-refractivity contribution in [2.75, 3.05) is 7.11 Å². The standard InChI is InChI=1S/C23H34O2/c1-3-4-5-6-7-8-9-10-11-12-13-14-15-17-21-18-16-19-23(25-2)22(21)20-24/h11-19,24H,3-10,20H2,1-2H3. The second kappa shape index (κ2) is 14.5. The zero-order valence-corrected chi connectivity index (χ0v) is 15.9. The minimum atomic E-state index is -0.0221. The van der Waals surface area contributed by atoms with E-state index in [4.69, 9.17) is 4.74 Å². The molecule has 0 heterocycles. The van der Waals surface area contributed by atoms with Crippen LogP contribution in [-0.2, 0) is 6.61 Å². The van der Waals surface area contributed by atoms with E-state index in [0.29, 0.717) is 0 Å². The Labute approximate surface area is 153 Å². The van der Waals surface area contributed by atoms with E-state index in [1.807, 2.05) is 36.4 Å². The second-order valence-corrected chi connectivity index (χ2v) is 6.27. The topological polar surface area (TPSA) is 29.5 Å². The third kappa shape index (κ3) is 9.31. The van der Waals surface area contributed by atoms with E-state index in [0.717, 1.165) is 23.3 Å². The zero-order valence-electron chi connectivity index (χ0n) is 15.9. The highest BCUT2D eigenvalue weighted by molar-refractivity contribution is 5.59. The van der Waals surface area contributed by atoms with Crippen LogP contribution in [-0.4, -0.2) is 12.2 Å². The molecule has 0 amide bonds. The van der Waals surface area contributed by atoms with Crippen molar-refractivity contribution in [2.45, 2.75) is 64.9 Å². The van der Waals surface area contributed by atoms with Gasteiger partial charge in [0.1, 0.15) is 5.75 Å². The van der Waals surface area contributed by atoms with Gasteiger partial charge in [-0.25, -0.2) is 0 Å². The summed E-state index contributed by atoms with van der Waals surface area (Å²) in [5, 5.41) is 9.49. The number of benzene rings is 1. The van der Waals surface area contributed by atoms with E-state index < -0.39 is 0 Å². The first kappa shape index (κ1) is 21.2. The minimum absolute atomic E-state index is 0.0221. The van der Waals surface area contributed by atoms with Crippen molar-refractivity contribution in [2.24, 2.45) is 0 Å². The van der Waals surface area contributed by atoms with Gasteiger partial charge >= 0.3 is 0 Å². The maximum absolute atomic E-state index is 9.49. The van der Waals surface area contributed by atoms with Gasteiger partial charge in [-0.2, -0.15) is 0 Å². The van der Waals surface area contributed by atoms with Crippen LogP contribution in [0, 0.1) is 0 Å². The Morgan fingerprint density at radius 3 is 2.36 bits per heavy atom. The molecule has 2 heteroatoms. The Bertz CT molecular complexity index is 541. The summed E-state index contributed by atoms with van der Waals surface area (Å²) in [5.41, 5.74) is 1.81. The predicted molar refractivity (Wildman–Crippen MR) is 109 cm³/mol. The first-order valence-electron chi connectivity index (χ1n) is 9.60. The van der Waals surface area contributed by atoms with Crippen LogP contribution >= 0.6 is 0 Å². The summed E-state index contributed by atoms with van der Waals surface area (Å²) in [6.07, 6.45) is 23.1. The lowest BCUT2D eigenvalue weighted by Crippen LogP contribution is -1.94. The van der Waals surface area contributed by atoms with Crippen molar-refractivity contribution in [1.29, 1.82) is 0 Å². The highest BCUT2D eigenvalue weighted by Crippen LogP contribution is 2.23. The molecule has 1 N–H and O–H groups in total. The lowest BCUT2D eigenvalue weighted by molar-refractivity contribution is 0.273. The van der Waals surface area contributed by atoms with Gasteiger partial charge in [-0.05, 0) is 24.5 Å². The summed E-state index contributed by atoms with van der Waals surface area (Å²) in [4.78, 5) is 0. The summed E-state index contributed by atoms with van der Waals surface area (Å²) in [6.45, 7) is 2.24. The SMILES string of the molecule is CCCCCCCCCC=CC=CC=Cc1cccc(OC)c1CO. The molecule has 0 radical (unpaired) electrons. The smallest absolute Gasteiger partial charge is 0.124 e. The molecule has 0 aliphatic heterocycles. The van der Waals surface area contributed by atoms with Gasteiger partial charge in [-0.15, -0.1) is 0 Å². The predicted octanol–water partition coefficient (Wildman–Crippen LogP) is 6.45. The molecule has 2 nitrogen and oxygen atoms in total. The van der Waals surface area contributed by atoms with E-state index >= 15 is 0 Å². The largest absolute Gasteiger partial charge is 0.496 e. The lowest BCUT2D eigenvalue weighted by Gasteiger charge is -2.08. The van der Waals surface area contributed by atoms with E-state index in [2.05, 4.69) is 25.2 Å². The number of allylic oxidation sites excluding steroid dienone is 5. The van der Waals surface area contributed by atoms with Gasteiger partial charge < -0.3 is 9.84 Å². The average molecular weight is 343 g/mol. The molecular formula is C23H34O2. The first-order valence-corrected chi connectivity index (χ1v) is 9.60. The molecule has 0 spiro atoms. The number of hydrogen-bond donors (Lipinski definition) is 1. The summed E-state index contributed by atoms with van der Waals surface area (Å²) in [5.74, 6) is 0.725. The highest BCUT2D eigenvalue weighted by atomic mass is 16.5. The molecule has 0 saturated carbocycles. The fraction of sp³-hybridized carbons (Fsp3) is 0.478. The van der Waals surface area contributed by atoms with Crippen molar-refractivity contribution in [3.63, 3.8) is 0 Å². The quantitative estimate of drug-likeness (QED) is 0.329. The molecule has 0 bridgehead atoms. The summed E-state index contributed by atoms with van der Waals surface area (Å²) in [7, 11) is 1.62. The Kier molecular flexibility index (Phi) is 12.4. The number of rotatable bonds is 13. The van der Waals surface area contributed by atoms with Crippen LogP contribution in [0.1, 0.15) is 69.4 Å². The average Bonchev–Trinajstić information content (AvgIpc) is 2.65. The summed E-state index contributed by atoms with van der Waals surface area (Å²) >= 11 is 0. The molecule has 0 aliphatic rings. The molecule has 1 aromatic rings. The Balaban J connectivity index is 2.26. The molecule has 0 atom stereocenters. The van der Waals surface area contributed by atoms with Crippen LogP contribution in [0.5, 0.6) is 5.75 Å². The van der Waals surface area contributed by atoms with Crippen molar-refractivity contribution < 1.29 is 9.84 Å². The van der Waals surface area contributed by atoms with Crippen LogP contribution in [0.15, 0.2) is 48.6 Å². The molecule has 0 aliphatic carbocycles. The zero-order chi connectivity index (χ0) is 18.2. The maximum Gasteiger partial charge on any atom is 0.124 e. The maximum atomic E-state index is 9.49. The van der Waals surface area contributed by atoms with Crippen molar-refractivity contribution in [3.05, 3.63) is 59.7 Å². The van der Waals surface area contributed by atoms with Gasteiger partial charge in [0.25, 0.3) is 0 Å². The third-order valence-electron chi connectivity index (χ3n) is 4.27. The number of hydrogen-bond acceptors (Lipinski definition) is 2. The number of methoxy groups -OCH3 is 1. The summed E-state index contributed by atoms with van der Waals surface area (Å²) < 4.78 is 5.27. The monoisotopic (exact) mass is 342 g/mol. The van der Waals surface area contributed by atoms with Gasteiger partial charge in [0, 0.05) is 5.56 Å². The molecule has 0 saturated heterocycles. The van der Waals surface area contributed by atoms with Crippen molar-refractivity contribution in [1.82, 2.24) is 0 Å². The number of ether oxygens (including phenoxy) is 1. The highest BCUT2D eigenvalue weighted by Gasteiger charge is 2.04. The van der Waals surface area contributed by atoms with Crippen molar-refractivity contribution >= 4 is 6.08 Å². The number of unbranched alkanes of at least 4 members (excludes halogenated alkanes) is 7. The molecule has 0 unspecified atom stereocenters. The first-order chi connectivity index (χ1) is 12.3. The Morgan fingerprint density at radius 2 is 1.64 bits per heavy atom. The fourth-order valence-electron chi connectivity index (χ4n) is 2.78. The van der Waals surface area contributed by atoms with Crippen LogP contribution in [0.3, 0.4) is 0 Å². The molecule has 138 valence electrons.